The summed E-state index contributed by atoms with van der Waals surface area (Å²) in [6, 6.07) is 11.3. The van der Waals surface area contributed by atoms with Crippen molar-refractivity contribution in [1.29, 1.82) is 0 Å². The highest BCUT2D eigenvalue weighted by Crippen LogP contribution is 2.27. The van der Waals surface area contributed by atoms with Gasteiger partial charge in [0.05, 0.1) is 23.8 Å². The number of carbonyl (C=O) groups is 2. The fourth-order valence-electron chi connectivity index (χ4n) is 2.80. The van der Waals surface area contributed by atoms with E-state index in [4.69, 9.17) is 4.74 Å². The third-order valence-electron chi connectivity index (χ3n) is 4.71. The molecule has 1 amide bonds. The van der Waals surface area contributed by atoms with Crippen LogP contribution in [0.4, 0.5) is 5.69 Å². The first-order valence-electron chi connectivity index (χ1n) is 9.00. The monoisotopic (exact) mass is 416 g/mol. The zero-order valence-corrected chi connectivity index (χ0v) is 17.7. The normalized spacial score (nSPS) is 11.6. The SMILES string of the molecule is COc1ccc(C(C)=O)cc1CSCC(=O)N(C)[C@@H](C)c1cccc([N+](=O)[O-])c1. The van der Waals surface area contributed by atoms with Crippen molar-refractivity contribution in [2.45, 2.75) is 25.6 Å². The molecule has 2 aromatic carbocycles. The molecule has 2 rings (SSSR count). The van der Waals surface area contributed by atoms with Gasteiger partial charge in [0.15, 0.2) is 5.78 Å². The lowest BCUT2D eigenvalue weighted by Gasteiger charge is -2.25. The van der Waals surface area contributed by atoms with Crippen LogP contribution in [0.1, 0.15) is 41.4 Å². The molecule has 0 N–H and O–H groups in total. The average Bonchev–Trinajstić information content (AvgIpc) is 2.72. The average molecular weight is 416 g/mol. The number of amides is 1. The molecule has 1 atom stereocenters. The molecule has 0 aliphatic rings. The third-order valence-corrected chi connectivity index (χ3v) is 5.67. The molecule has 0 unspecified atom stereocenters. The lowest BCUT2D eigenvalue weighted by Crippen LogP contribution is -2.31. The van der Waals surface area contributed by atoms with Crippen LogP contribution in [-0.2, 0) is 10.5 Å². The topological polar surface area (TPSA) is 89.8 Å². The largest absolute Gasteiger partial charge is 0.496 e. The van der Waals surface area contributed by atoms with E-state index in [-0.39, 0.29) is 29.2 Å². The van der Waals surface area contributed by atoms with E-state index in [9.17, 15) is 19.7 Å². The Labute approximate surface area is 174 Å². The second-order valence-electron chi connectivity index (χ2n) is 6.61. The van der Waals surface area contributed by atoms with Crippen LogP contribution in [0, 0.1) is 10.1 Å². The number of nitrogens with zero attached hydrogens (tertiary/aromatic N) is 2. The number of methoxy groups -OCH3 is 1. The molecular formula is C21H24N2O5S. The first kappa shape index (κ1) is 22.4. The second-order valence-corrected chi connectivity index (χ2v) is 7.59. The van der Waals surface area contributed by atoms with E-state index in [0.29, 0.717) is 22.6 Å². The summed E-state index contributed by atoms with van der Waals surface area (Å²) in [6.07, 6.45) is 0. The van der Waals surface area contributed by atoms with E-state index in [1.165, 1.54) is 30.8 Å². The fourth-order valence-corrected chi connectivity index (χ4v) is 3.72. The van der Waals surface area contributed by atoms with E-state index >= 15 is 0 Å². The van der Waals surface area contributed by atoms with E-state index in [1.807, 2.05) is 6.92 Å². The third kappa shape index (κ3) is 5.80. The Morgan fingerprint density at radius 3 is 2.59 bits per heavy atom. The van der Waals surface area contributed by atoms with Crippen LogP contribution in [0.2, 0.25) is 0 Å². The van der Waals surface area contributed by atoms with Crippen molar-refractivity contribution < 1.29 is 19.2 Å². The molecular weight excluding hydrogens is 392 g/mol. The molecule has 0 saturated carbocycles. The lowest BCUT2D eigenvalue weighted by molar-refractivity contribution is -0.384. The molecule has 2 aromatic rings. The van der Waals surface area contributed by atoms with Crippen molar-refractivity contribution in [3.63, 3.8) is 0 Å². The molecule has 0 bridgehead atoms. The van der Waals surface area contributed by atoms with Gasteiger partial charge >= 0.3 is 0 Å². The molecule has 0 heterocycles. The van der Waals surface area contributed by atoms with Gasteiger partial charge in [0.2, 0.25) is 5.91 Å². The molecule has 0 fully saturated rings. The highest BCUT2D eigenvalue weighted by atomic mass is 32.2. The molecule has 0 spiro atoms. The summed E-state index contributed by atoms with van der Waals surface area (Å²) in [5.74, 6) is 1.32. The first-order valence-corrected chi connectivity index (χ1v) is 10.2. The van der Waals surface area contributed by atoms with Gasteiger partial charge in [-0.1, -0.05) is 12.1 Å². The molecule has 8 heteroatoms. The number of hydrogen-bond acceptors (Lipinski definition) is 6. The zero-order chi connectivity index (χ0) is 21.6. The lowest BCUT2D eigenvalue weighted by atomic mass is 10.1. The highest BCUT2D eigenvalue weighted by molar-refractivity contribution is 7.99. The number of nitro groups is 1. The molecule has 29 heavy (non-hydrogen) atoms. The number of non-ortho nitro benzene ring substituents is 1. The van der Waals surface area contributed by atoms with Crippen LogP contribution >= 0.6 is 11.8 Å². The number of carbonyl (C=O) groups excluding carboxylic acids is 2. The van der Waals surface area contributed by atoms with Crippen molar-refractivity contribution >= 4 is 29.1 Å². The van der Waals surface area contributed by atoms with Crippen molar-refractivity contribution in [2.24, 2.45) is 0 Å². The van der Waals surface area contributed by atoms with Crippen molar-refractivity contribution in [3.8, 4) is 5.75 Å². The minimum Gasteiger partial charge on any atom is -0.496 e. The van der Waals surface area contributed by atoms with Gasteiger partial charge in [-0.05, 0) is 37.6 Å². The predicted octanol–water partition coefficient (Wildman–Crippen LogP) is 4.26. The minimum atomic E-state index is -0.448. The molecule has 154 valence electrons. The Morgan fingerprint density at radius 2 is 1.97 bits per heavy atom. The van der Waals surface area contributed by atoms with E-state index in [1.54, 1.807) is 49.4 Å². The number of nitro benzene ring substituents is 1. The summed E-state index contributed by atoms with van der Waals surface area (Å²) in [4.78, 5) is 36.3. The van der Waals surface area contributed by atoms with Gasteiger partial charge in [-0.2, -0.15) is 0 Å². The number of Topliss-reactive ketones (excluding diaryl/α,β-unsaturated/α-hetero) is 1. The van der Waals surface area contributed by atoms with E-state index in [2.05, 4.69) is 0 Å². The summed E-state index contributed by atoms with van der Waals surface area (Å²) in [5, 5.41) is 11.0. The van der Waals surface area contributed by atoms with Gasteiger partial charge < -0.3 is 9.64 Å². The summed E-state index contributed by atoms with van der Waals surface area (Å²) >= 11 is 1.42. The van der Waals surface area contributed by atoms with Gasteiger partial charge in [-0.15, -0.1) is 11.8 Å². The van der Waals surface area contributed by atoms with E-state index < -0.39 is 4.92 Å². The van der Waals surface area contributed by atoms with Gasteiger partial charge in [0.25, 0.3) is 5.69 Å². The summed E-state index contributed by atoms with van der Waals surface area (Å²) in [5.41, 5.74) is 2.16. The summed E-state index contributed by atoms with van der Waals surface area (Å²) in [7, 11) is 3.25. The number of thioether (sulfide) groups is 1. The maximum atomic E-state index is 12.6. The van der Waals surface area contributed by atoms with Crippen LogP contribution in [0.5, 0.6) is 5.75 Å². The Morgan fingerprint density at radius 1 is 1.24 bits per heavy atom. The van der Waals surface area contributed by atoms with Gasteiger partial charge in [-0.3, -0.25) is 19.7 Å². The Kier molecular flexibility index (Phi) is 7.78. The Bertz CT molecular complexity index is 916. The molecule has 0 aliphatic carbocycles. The molecule has 0 aromatic heterocycles. The second kappa shape index (κ2) is 10.1. The molecule has 7 nitrogen and oxygen atoms in total. The fraction of sp³-hybridized carbons (Fsp3) is 0.333. The van der Waals surface area contributed by atoms with Crippen molar-refractivity contribution in [2.75, 3.05) is 19.9 Å². The van der Waals surface area contributed by atoms with Crippen LogP contribution < -0.4 is 4.74 Å². The zero-order valence-electron chi connectivity index (χ0n) is 16.9. The van der Waals surface area contributed by atoms with Crippen LogP contribution in [0.3, 0.4) is 0 Å². The first-order chi connectivity index (χ1) is 13.7. The van der Waals surface area contributed by atoms with Crippen LogP contribution in [-0.4, -0.2) is 41.4 Å². The minimum absolute atomic E-state index is 0.00187. The van der Waals surface area contributed by atoms with Gasteiger partial charge in [0, 0.05) is 36.1 Å². The van der Waals surface area contributed by atoms with Gasteiger partial charge in [-0.25, -0.2) is 0 Å². The Hall–Kier alpha value is -2.87. The number of hydrogen-bond donors (Lipinski definition) is 0. The van der Waals surface area contributed by atoms with Crippen LogP contribution in [0.25, 0.3) is 0 Å². The summed E-state index contributed by atoms with van der Waals surface area (Å²) in [6.45, 7) is 3.34. The number of ketones is 1. The smallest absolute Gasteiger partial charge is 0.269 e. The van der Waals surface area contributed by atoms with E-state index in [0.717, 1.165) is 5.56 Å². The summed E-state index contributed by atoms with van der Waals surface area (Å²) < 4.78 is 5.34. The molecule has 0 saturated heterocycles. The van der Waals surface area contributed by atoms with Crippen LogP contribution in [0.15, 0.2) is 42.5 Å². The molecule has 0 radical (unpaired) electrons. The van der Waals surface area contributed by atoms with Crippen molar-refractivity contribution in [3.05, 3.63) is 69.3 Å². The maximum Gasteiger partial charge on any atom is 0.269 e. The molecule has 0 aliphatic heterocycles. The quantitative estimate of drug-likeness (QED) is 0.345. The number of ether oxygens (including phenoxy) is 1. The predicted molar refractivity (Wildman–Crippen MR) is 113 cm³/mol. The standard InChI is InChI=1S/C21H24N2O5S/c1-14(16-6-5-7-19(11-16)23(26)27)22(3)21(25)13-29-12-18-10-17(15(2)24)8-9-20(18)28-4/h5-11,14H,12-13H2,1-4H3/t14-/m0/s1. The Balaban J connectivity index is 2.00. The van der Waals surface area contributed by atoms with Crippen molar-refractivity contribution in [1.82, 2.24) is 4.90 Å². The van der Waals surface area contributed by atoms with Gasteiger partial charge in [0.1, 0.15) is 5.75 Å². The number of rotatable bonds is 9. The maximum absolute atomic E-state index is 12.6. The number of benzene rings is 2. The highest BCUT2D eigenvalue weighted by Gasteiger charge is 2.19.